The standard InChI is InChI=1S/C20H21BrN2O/c21-19-10-8-18(9-11-19)20(24)23-15-13-22(14-16-23)12-4-7-17-5-2-1-3-6-17/h1-11H,12-16H2/b7-4-. The van der Waals surface area contributed by atoms with Gasteiger partial charge in [-0.3, -0.25) is 9.69 Å². The Morgan fingerprint density at radius 1 is 0.958 bits per heavy atom. The van der Waals surface area contributed by atoms with Gasteiger partial charge in [0.2, 0.25) is 0 Å². The summed E-state index contributed by atoms with van der Waals surface area (Å²) in [6, 6.07) is 17.9. The summed E-state index contributed by atoms with van der Waals surface area (Å²) in [5.41, 5.74) is 1.98. The zero-order valence-electron chi connectivity index (χ0n) is 13.6. The van der Waals surface area contributed by atoms with Crippen LogP contribution in [-0.2, 0) is 0 Å². The number of nitrogens with zero attached hydrogens (tertiary/aromatic N) is 2. The van der Waals surface area contributed by atoms with E-state index in [2.05, 4.69) is 45.1 Å². The molecule has 0 spiro atoms. The average molecular weight is 385 g/mol. The van der Waals surface area contributed by atoms with Gasteiger partial charge < -0.3 is 4.90 Å². The molecule has 3 nitrogen and oxygen atoms in total. The smallest absolute Gasteiger partial charge is 0.253 e. The third-order valence-electron chi connectivity index (χ3n) is 4.22. The van der Waals surface area contributed by atoms with Crippen molar-refractivity contribution in [3.05, 3.63) is 76.3 Å². The molecule has 24 heavy (non-hydrogen) atoms. The number of benzene rings is 2. The molecule has 0 unspecified atom stereocenters. The molecular formula is C20H21BrN2O. The predicted octanol–water partition coefficient (Wildman–Crippen LogP) is 3.92. The molecule has 0 aliphatic carbocycles. The Kier molecular flexibility index (Phi) is 5.83. The third kappa shape index (κ3) is 4.56. The van der Waals surface area contributed by atoms with Crippen molar-refractivity contribution < 1.29 is 4.79 Å². The monoisotopic (exact) mass is 384 g/mol. The number of halogens is 1. The van der Waals surface area contributed by atoms with Crippen molar-refractivity contribution in [3.8, 4) is 0 Å². The maximum absolute atomic E-state index is 12.5. The lowest BCUT2D eigenvalue weighted by Crippen LogP contribution is -2.48. The van der Waals surface area contributed by atoms with E-state index in [9.17, 15) is 4.79 Å². The number of hydrogen-bond acceptors (Lipinski definition) is 2. The topological polar surface area (TPSA) is 23.6 Å². The first-order valence-corrected chi connectivity index (χ1v) is 9.00. The highest BCUT2D eigenvalue weighted by atomic mass is 79.9. The van der Waals surface area contributed by atoms with Crippen LogP contribution in [0.3, 0.4) is 0 Å². The van der Waals surface area contributed by atoms with Crippen LogP contribution in [0.4, 0.5) is 0 Å². The van der Waals surface area contributed by atoms with Gasteiger partial charge in [-0.15, -0.1) is 0 Å². The molecule has 1 amide bonds. The first-order valence-electron chi connectivity index (χ1n) is 8.21. The summed E-state index contributed by atoms with van der Waals surface area (Å²) in [5.74, 6) is 0.127. The SMILES string of the molecule is O=C(c1ccc(Br)cc1)N1CCN(C/C=C\c2ccccc2)CC1. The van der Waals surface area contributed by atoms with E-state index >= 15 is 0 Å². The van der Waals surface area contributed by atoms with Crippen LogP contribution in [-0.4, -0.2) is 48.4 Å². The van der Waals surface area contributed by atoms with Gasteiger partial charge in [0.05, 0.1) is 0 Å². The largest absolute Gasteiger partial charge is 0.336 e. The van der Waals surface area contributed by atoms with Gasteiger partial charge in [-0.05, 0) is 29.8 Å². The highest BCUT2D eigenvalue weighted by Gasteiger charge is 2.21. The summed E-state index contributed by atoms with van der Waals surface area (Å²) in [5, 5.41) is 0. The molecule has 4 heteroatoms. The highest BCUT2D eigenvalue weighted by Crippen LogP contribution is 2.13. The van der Waals surface area contributed by atoms with Crippen molar-refractivity contribution in [3.63, 3.8) is 0 Å². The van der Waals surface area contributed by atoms with E-state index in [0.29, 0.717) is 0 Å². The van der Waals surface area contributed by atoms with Crippen LogP contribution in [0.5, 0.6) is 0 Å². The molecule has 0 N–H and O–H groups in total. The van der Waals surface area contributed by atoms with E-state index in [1.54, 1.807) is 0 Å². The van der Waals surface area contributed by atoms with Crippen molar-refractivity contribution in [2.24, 2.45) is 0 Å². The molecule has 1 heterocycles. The number of hydrogen-bond donors (Lipinski definition) is 0. The summed E-state index contributed by atoms with van der Waals surface area (Å²) in [7, 11) is 0. The molecule has 1 fully saturated rings. The fourth-order valence-corrected chi connectivity index (χ4v) is 3.07. The van der Waals surface area contributed by atoms with Crippen LogP contribution >= 0.6 is 15.9 Å². The number of piperazine rings is 1. The van der Waals surface area contributed by atoms with Gasteiger partial charge in [0.1, 0.15) is 0 Å². The van der Waals surface area contributed by atoms with Crippen LogP contribution < -0.4 is 0 Å². The summed E-state index contributed by atoms with van der Waals surface area (Å²) >= 11 is 3.40. The number of carbonyl (C=O) groups excluding carboxylic acids is 1. The Morgan fingerprint density at radius 3 is 2.29 bits per heavy atom. The Hall–Kier alpha value is -1.91. The summed E-state index contributed by atoms with van der Waals surface area (Å²) in [6.45, 7) is 4.33. The van der Waals surface area contributed by atoms with E-state index in [1.807, 2.05) is 47.4 Å². The highest BCUT2D eigenvalue weighted by molar-refractivity contribution is 9.10. The molecule has 0 radical (unpaired) electrons. The molecule has 124 valence electrons. The van der Waals surface area contributed by atoms with E-state index in [-0.39, 0.29) is 5.91 Å². The van der Waals surface area contributed by atoms with Crippen LogP contribution in [0, 0.1) is 0 Å². The van der Waals surface area contributed by atoms with Crippen molar-refractivity contribution in [1.82, 2.24) is 9.80 Å². The van der Waals surface area contributed by atoms with Gasteiger partial charge in [0.25, 0.3) is 5.91 Å². The molecule has 0 atom stereocenters. The van der Waals surface area contributed by atoms with Crippen molar-refractivity contribution in [2.75, 3.05) is 32.7 Å². The Balaban J connectivity index is 1.48. The molecule has 0 saturated carbocycles. The fourth-order valence-electron chi connectivity index (χ4n) is 2.81. The predicted molar refractivity (Wildman–Crippen MR) is 102 cm³/mol. The number of rotatable bonds is 4. The number of amides is 1. The molecule has 0 aromatic heterocycles. The zero-order chi connectivity index (χ0) is 16.8. The van der Waals surface area contributed by atoms with E-state index < -0.39 is 0 Å². The molecule has 0 bridgehead atoms. The number of carbonyl (C=O) groups is 1. The second kappa shape index (κ2) is 8.27. The van der Waals surface area contributed by atoms with Crippen molar-refractivity contribution in [2.45, 2.75) is 0 Å². The molecule has 1 aliphatic rings. The minimum absolute atomic E-state index is 0.127. The molecule has 3 rings (SSSR count). The van der Waals surface area contributed by atoms with E-state index in [0.717, 1.165) is 42.8 Å². The van der Waals surface area contributed by atoms with Gasteiger partial charge in [-0.2, -0.15) is 0 Å². The minimum atomic E-state index is 0.127. The second-order valence-corrected chi connectivity index (χ2v) is 6.83. The van der Waals surface area contributed by atoms with Crippen molar-refractivity contribution >= 4 is 27.9 Å². The molecule has 2 aromatic carbocycles. The van der Waals surface area contributed by atoms with E-state index in [1.165, 1.54) is 5.56 Å². The van der Waals surface area contributed by atoms with Gasteiger partial charge in [-0.25, -0.2) is 0 Å². The lowest BCUT2D eigenvalue weighted by Gasteiger charge is -2.34. The summed E-state index contributed by atoms with van der Waals surface area (Å²) in [4.78, 5) is 16.8. The summed E-state index contributed by atoms with van der Waals surface area (Å²) in [6.07, 6.45) is 4.35. The Labute approximate surface area is 151 Å². The van der Waals surface area contributed by atoms with Gasteiger partial charge >= 0.3 is 0 Å². The lowest BCUT2D eigenvalue weighted by atomic mass is 10.2. The van der Waals surface area contributed by atoms with E-state index in [4.69, 9.17) is 0 Å². The second-order valence-electron chi connectivity index (χ2n) is 5.91. The molecule has 1 aliphatic heterocycles. The Morgan fingerprint density at radius 2 is 1.62 bits per heavy atom. The first kappa shape index (κ1) is 16.9. The Bertz CT molecular complexity index is 689. The normalized spacial score (nSPS) is 15.8. The van der Waals surface area contributed by atoms with Crippen LogP contribution in [0.25, 0.3) is 6.08 Å². The quantitative estimate of drug-likeness (QED) is 0.797. The fraction of sp³-hybridized carbons (Fsp3) is 0.250. The maximum atomic E-state index is 12.5. The van der Waals surface area contributed by atoms with Crippen LogP contribution in [0.15, 0.2) is 65.1 Å². The lowest BCUT2D eigenvalue weighted by molar-refractivity contribution is 0.0650. The van der Waals surface area contributed by atoms with Gasteiger partial charge in [0, 0.05) is 42.8 Å². The van der Waals surface area contributed by atoms with Gasteiger partial charge in [0.15, 0.2) is 0 Å². The van der Waals surface area contributed by atoms with Crippen molar-refractivity contribution in [1.29, 1.82) is 0 Å². The molecule has 1 saturated heterocycles. The van der Waals surface area contributed by atoms with Gasteiger partial charge in [-0.1, -0.05) is 58.4 Å². The third-order valence-corrected chi connectivity index (χ3v) is 4.75. The van der Waals surface area contributed by atoms with Crippen LogP contribution in [0.1, 0.15) is 15.9 Å². The molecular weight excluding hydrogens is 364 g/mol. The first-order chi connectivity index (χ1) is 11.7. The van der Waals surface area contributed by atoms with Crippen LogP contribution in [0.2, 0.25) is 0 Å². The maximum Gasteiger partial charge on any atom is 0.253 e. The summed E-state index contributed by atoms with van der Waals surface area (Å²) < 4.78 is 0.995. The minimum Gasteiger partial charge on any atom is -0.336 e. The average Bonchev–Trinajstić information content (AvgIpc) is 2.63. The molecule has 2 aromatic rings. The zero-order valence-corrected chi connectivity index (χ0v) is 15.2.